The van der Waals surface area contributed by atoms with Gasteiger partial charge in [0.2, 0.25) is 5.95 Å². The third-order valence-electron chi connectivity index (χ3n) is 6.51. The Balaban J connectivity index is 1.17. The predicted molar refractivity (Wildman–Crippen MR) is 127 cm³/mol. The molecule has 1 aromatic heterocycles. The number of benzene rings is 2. The zero-order valence-corrected chi connectivity index (χ0v) is 19.4. The average Bonchev–Trinajstić information content (AvgIpc) is 3.14. The van der Waals surface area contributed by atoms with E-state index in [0.29, 0.717) is 18.1 Å². The summed E-state index contributed by atoms with van der Waals surface area (Å²) in [7, 11) is 0. The number of halogens is 2. The van der Waals surface area contributed by atoms with Gasteiger partial charge in [-0.3, -0.25) is 0 Å². The summed E-state index contributed by atoms with van der Waals surface area (Å²) in [6.07, 6.45) is 6.77. The van der Waals surface area contributed by atoms with Crippen molar-refractivity contribution >= 4 is 44.4 Å². The van der Waals surface area contributed by atoms with E-state index in [1.54, 1.807) is 0 Å². The molecule has 2 aliphatic carbocycles. The normalized spacial score (nSPS) is 23.5. The second-order valence-corrected chi connectivity index (χ2v) is 9.96. The second-order valence-electron chi connectivity index (χ2n) is 8.64. The maximum absolute atomic E-state index is 6.38. The molecule has 0 aliphatic heterocycles. The van der Waals surface area contributed by atoms with Crippen LogP contribution >= 0.6 is 27.5 Å². The van der Waals surface area contributed by atoms with Crippen LogP contribution in [0.3, 0.4) is 0 Å². The number of hydrogen-bond donors (Lipinski definition) is 2. The Labute approximate surface area is 191 Å². The predicted octanol–water partition coefficient (Wildman–Crippen LogP) is 5.83. The number of aryl methyl sites for hydroxylation is 1. The molecule has 2 N–H and O–H groups in total. The lowest BCUT2D eigenvalue weighted by Crippen LogP contribution is -2.42. The first-order chi connectivity index (χ1) is 14.5. The largest absolute Gasteiger partial charge is 0.351 e. The van der Waals surface area contributed by atoms with Gasteiger partial charge in [0.1, 0.15) is 0 Å². The Morgan fingerprint density at radius 2 is 1.77 bits per heavy atom. The van der Waals surface area contributed by atoms with Gasteiger partial charge in [-0.1, -0.05) is 39.7 Å². The molecule has 1 heterocycles. The first-order valence-electron chi connectivity index (χ1n) is 10.8. The van der Waals surface area contributed by atoms with Crippen LogP contribution in [0.1, 0.15) is 42.5 Å². The van der Waals surface area contributed by atoms with E-state index >= 15 is 0 Å². The molecule has 2 aliphatic rings. The van der Waals surface area contributed by atoms with E-state index in [1.165, 1.54) is 24.0 Å². The number of nitrogens with zero attached hydrogens (tertiary/aromatic N) is 2. The summed E-state index contributed by atoms with van der Waals surface area (Å²) in [5.74, 6) is 0.750. The molecule has 1 atom stereocenters. The van der Waals surface area contributed by atoms with Crippen LogP contribution in [0.15, 0.2) is 40.9 Å². The van der Waals surface area contributed by atoms with Crippen molar-refractivity contribution in [1.29, 1.82) is 0 Å². The van der Waals surface area contributed by atoms with Gasteiger partial charge in [0.15, 0.2) is 0 Å². The summed E-state index contributed by atoms with van der Waals surface area (Å²) in [5.41, 5.74) is 4.75. The highest BCUT2D eigenvalue weighted by Gasteiger charge is 2.28. The van der Waals surface area contributed by atoms with E-state index in [0.717, 1.165) is 57.7 Å². The van der Waals surface area contributed by atoms with Gasteiger partial charge in [-0.15, -0.1) is 0 Å². The minimum atomic E-state index is 0.436. The van der Waals surface area contributed by atoms with Gasteiger partial charge in [0.05, 0.1) is 11.2 Å². The average molecular weight is 486 g/mol. The zero-order valence-electron chi connectivity index (χ0n) is 17.1. The molecule has 0 saturated heterocycles. The molecule has 5 rings (SSSR count). The standard InChI is InChI=1S/C24H26BrClN4/c1-14-20-12-16(25)5-10-23(20)30-24(27-14)29-18-8-6-17(7-9-18)28-19-11-15-3-2-4-22(26)21(15)13-19/h2-5,10,12,17-19,28H,6-9,11,13H2,1H3,(H,27,29,30). The van der Waals surface area contributed by atoms with Gasteiger partial charge in [-0.2, -0.15) is 0 Å². The highest BCUT2D eigenvalue weighted by Crippen LogP contribution is 2.30. The quantitative estimate of drug-likeness (QED) is 0.488. The SMILES string of the molecule is Cc1nc(NC2CCC(NC3Cc4cccc(Cl)c4C3)CC2)nc2ccc(Br)cc12. The lowest BCUT2D eigenvalue weighted by molar-refractivity contribution is 0.324. The van der Waals surface area contributed by atoms with E-state index in [2.05, 4.69) is 44.8 Å². The molecule has 0 bridgehead atoms. The minimum Gasteiger partial charge on any atom is -0.351 e. The van der Waals surface area contributed by atoms with Crippen LogP contribution in [0.5, 0.6) is 0 Å². The van der Waals surface area contributed by atoms with E-state index in [9.17, 15) is 0 Å². The third kappa shape index (κ3) is 4.20. The number of anilines is 1. The van der Waals surface area contributed by atoms with Crippen LogP contribution in [0.4, 0.5) is 5.95 Å². The molecule has 30 heavy (non-hydrogen) atoms. The summed E-state index contributed by atoms with van der Waals surface area (Å²) in [5, 5.41) is 9.49. The van der Waals surface area contributed by atoms with E-state index in [4.69, 9.17) is 21.6 Å². The van der Waals surface area contributed by atoms with E-state index in [1.807, 2.05) is 25.1 Å². The van der Waals surface area contributed by atoms with Gasteiger partial charge < -0.3 is 10.6 Å². The first-order valence-corrected chi connectivity index (χ1v) is 11.9. The fraction of sp³-hybridized carbons (Fsp3) is 0.417. The molecule has 4 nitrogen and oxygen atoms in total. The molecule has 0 spiro atoms. The molecule has 0 radical (unpaired) electrons. The van der Waals surface area contributed by atoms with Crippen molar-refractivity contribution in [2.45, 2.75) is 63.6 Å². The number of aromatic nitrogens is 2. The van der Waals surface area contributed by atoms with Crippen LogP contribution < -0.4 is 10.6 Å². The smallest absolute Gasteiger partial charge is 0.223 e. The first kappa shape index (κ1) is 20.2. The Hall–Kier alpha value is -1.69. The van der Waals surface area contributed by atoms with E-state index < -0.39 is 0 Å². The summed E-state index contributed by atoms with van der Waals surface area (Å²) in [6, 6.07) is 14.0. The summed E-state index contributed by atoms with van der Waals surface area (Å²) < 4.78 is 1.06. The van der Waals surface area contributed by atoms with Crippen molar-refractivity contribution < 1.29 is 0 Å². The van der Waals surface area contributed by atoms with Crippen molar-refractivity contribution in [3.05, 3.63) is 62.7 Å². The van der Waals surface area contributed by atoms with Crippen molar-refractivity contribution in [3.63, 3.8) is 0 Å². The molecular formula is C24H26BrClN4. The fourth-order valence-corrected chi connectivity index (χ4v) is 5.60. The lowest BCUT2D eigenvalue weighted by atomic mass is 9.90. The zero-order chi connectivity index (χ0) is 20.7. The molecule has 0 amide bonds. The Morgan fingerprint density at radius 3 is 2.57 bits per heavy atom. The Morgan fingerprint density at radius 1 is 0.967 bits per heavy atom. The van der Waals surface area contributed by atoms with Crippen LogP contribution in [-0.4, -0.2) is 28.1 Å². The summed E-state index contributed by atoms with van der Waals surface area (Å²) in [4.78, 5) is 9.43. The van der Waals surface area contributed by atoms with Crippen LogP contribution in [0.25, 0.3) is 10.9 Å². The van der Waals surface area contributed by atoms with Crippen LogP contribution in [0.2, 0.25) is 5.02 Å². The molecule has 156 valence electrons. The highest BCUT2D eigenvalue weighted by molar-refractivity contribution is 9.10. The maximum atomic E-state index is 6.38. The molecule has 6 heteroatoms. The fourth-order valence-electron chi connectivity index (χ4n) is 4.96. The number of rotatable bonds is 4. The van der Waals surface area contributed by atoms with Gasteiger partial charge in [-0.25, -0.2) is 9.97 Å². The molecule has 1 unspecified atom stereocenters. The van der Waals surface area contributed by atoms with Gasteiger partial charge in [0.25, 0.3) is 0 Å². The topological polar surface area (TPSA) is 49.8 Å². The Kier molecular flexibility index (Phi) is 5.69. The lowest BCUT2D eigenvalue weighted by Gasteiger charge is -2.31. The molecule has 1 saturated carbocycles. The van der Waals surface area contributed by atoms with Crippen molar-refractivity contribution in [2.75, 3.05) is 5.32 Å². The number of nitrogens with one attached hydrogen (secondary N) is 2. The van der Waals surface area contributed by atoms with Gasteiger partial charge >= 0.3 is 0 Å². The third-order valence-corrected chi connectivity index (χ3v) is 7.36. The summed E-state index contributed by atoms with van der Waals surface area (Å²) >= 11 is 9.91. The monoisotopic (exact) mass is 484 g/mol. The highest BCUT2D eigenvalue weighted by atomic mass is 79.9. The minimum absolute atomic E-state index is 0.436. The second kappa shape index (κ2) is 8.45. The van der Waals surface area contributed by atoms with Gasteiger partial charge in [-0.05, 0) is 80.8 Å². The van der Waals surface area contributed by atoms with Gasteiger partial charge in [0, 0.05) is 33.0 Å². The molecular weight excluding hydrogens is 460 g/mol. The maximum Gasteiger partial charge on any atom is 0.223 e. The van der Waals surface area contributed by atoms with Crippen molar-refractivity contribution in [1.82, 2.24) is 15.3 Å². The molecule has 3 aromatic rings. The van der Waals surface area contributed by atoms with Crippen molar-refractivity contribution in [3.8, 4) is 0 Å². The number of fused-ring (bicyclic) bond motifs is 2. The molecule has 2 aromatic carbocycles. The van der Waals surface area contributed by atoms with E-state index in [-0.39, 0.29) is 0 Å². The molecule has 1 fully saturated rings. The van der Waals surface area contributed by atoms with Crippen LogP contribution in [0, 0.1) is 6.92 Å². The van der Waals surface area contributed by atoms with Crippen LogP contribution in [-0.2, 0) is 12.8 Å². The van der Waals surface area contributed by atoms with Crippen molar-refractivity contribution in [2.24, 2.45) is 0 Å². The number of hydrogen-bond acceptors (Lipinski definition) is 4. The summed E-state index contributed by atoms with van der Waals surface area (Å²) in [6.45, 7) is 2.05. The Bertz CT molecular complexity index is 1080.